The molecule has 5 heterocycles. The fourth-order valence-corrected chi connectivity index (χ4v) is 8.03. The van der Waals surface area contributed by atoms with E-state index in [4.69, 9.17) is 18.9 Å². The zero-order valence-corrected chi connectivity index (χ0v) is 31.5. The maximum Gasteiger partial charge on any atom is 0.220 e. The smallest absolute Gasteiger partial charge is 0.220 e. The molecule has 1 saturated heterocycles. The van der Waals surface area contributed by atoms with Crippen molar-refractivity contribution in [3.8, 4) is 17.2 Å². The van der Waals surface area contributed by atoms with Crippen molar-refractivity contribution in [1.29, 1.82) is 0 Å². The number of aliphatic hydroxyl groups is 5. The van der Waals surface area contributed by atoms with Crippen molar-refractivity contribution in [2.24, 2.45) is 5.92 Å². The lowest BCUT2D eigenvalue weighted by atomic mass is 9.83. The molecule has 0 radical (unpaired) electrons. The number of aromatic nitrogens is 2. The molecule has 0 aliphatic carbocycles. The van der Waals surface area contributed by atoms with Crippen LogP contribution in [0.25, 0.3) is 27.6 Å². The summed E-state index contributed by atoms with van der Waals surface area (Å²) in [4.78, 5) is 40.8. The van der Waals surface area contributed by atoms with Gasteiger partial charge in [0.2, 0.25) is 5.91 Å². The van der Waals surface area contributed by atoms with E-state index in [1.54, 1.807) is 13.0 Å². The Morgan fingerprint density at radius 1 is 1.09 bits per heavy atom. The molecular weight excluding hydrogens is 726 g/mol. The maximum absolute atomic E-state index is 13.5. The van der Waals surface area contributed by atoms with E-state index in [-0.39, 0.29) is 35.8 Å². The van der Waals surface area contributed by atoms with E-state index in [0.29, 0.717) is 71.5 Å². The molecule has 7 unspecified atom stereocenters. The molecule has 0 bridgehead atoms. The van der Waals surface area contributed by atoms with Gasteiger partial charge >= 0.3 is 0 Å². The highest BCUT2D eigenvalue weighted by atomic mass is 17.2. The second-order valence-electron chi connectivity index (χ2n) is 15.4. The number of fused-ring (bicyclic) bond motifs is 3. The molecule has 7 rings (SSSR count). The first-order valence-electron chi connectivity index (χ1n) is 18.9. The van der Waals surface area contributed by atoms with Crippen molar-refractivity contribution >= 4 is 27.8 Å². The Bertz CT molecular complexity index is 2260. The van der Waals surface area contributed by atoms with Crippen LogP contribution in [0.15, 0.2) is 64.1 Å². The van der Waals surface area contributed by atoms with Crippen LogP contribution in [0.5, 0.6) is 11.5 Å². The van der Waals surface area contributed by atoms with Crippen LogP contribution in [0.4, 0.5) is 0 Å². The Kier molecular flexibility index (Phi) is 11.0. The number of carbonyl (C=O) groups excluding carboxylic acids is 1. The van der Waals surface area contributed by atoms with E-state index in [1.807, 2.05) is 36.9 Å². The van der Waals surface area contributed by atoms with Crippen LogP contribution < -0.4 is 15.5 Å². The summed E-state index contributed by atoms with van der Waals surface area (Å²) in [6.07, 6.45) is -0.885. The number of amides is 1. The van der Waals surface area contributed by atoms with E-state index in [1.165, 1.54) is 30.3 Å². The number of rotatable bonds is 15. The van der Waals surface area contributed by atoms with Crippen LogP contribution in [0.1, 0.15) is 55.7 Å². The predicted molar refractivity (Wildman–Crippen MR) is 204 cm³/mol. The van der Waals surface area contributed by atoms with Crippen LogP contribution in [-0.2, 0) is 33.8 Å². The van der Waals surface area contributed by atoms with Crippen LogP contribution in [-0.4, -0.2) is 101 Å². The number of aryl methyl sites for hydroxylation is 2. The van der Waals surface area contributed by atoms with Crippen molar-refractivity contribution in [2.45, 2.75) is 94.9 Å². The zero-order valence-electron chi connectivity index (χ0n) is 31.5. The minimum absolute atomic E-state index is 0.0214. The van der Waals surface area contributed by atoms with Crippen molar-refractivity contribution < 1.29 is 54.4 Å². The molecule has 300 valence electrons. The van der Waals surface area contributed by atoms with Crippen LogP contribution in [0.2, 0.25) is 0 Å². The summed E-state index contributed by atoms with van der Waals surface area (Å²) < 4.78 is 15.4. The number of nitrogens with zero attached hydrogens (tertiary/aromatic N) is 1. The van der Waals surface area contributed by atoms with Gasteiger partial charge in [0.25, 0.3) is 0 Å². The number of phenols is 1. The molecule has 15 nitrogen and oxygen atoms in total. The Labute approximate surface area is 322 Å². The number of aromatic hydroxyl groups is 1. The summed E-state index contributed by atoms with van der Waals surface area (Å²) in [6.45, 7) is 4.57. The monoisotopic (exact) mass is 775 g/mol. The summed E-state index contributed by atoms with van der Waals surface area (Å²) in [5.74, 6) is 0.920. The van der Waals surface area contributed by atoms with Crippen molar-refractivity contribution in [3.63, 3.8) is 0 Å². The summed E-state index contributed by atoms with van der Waals surface area (Å²) in [6, 6.07) is 11.0. The number of nitrogens with one attached hydrogen (secondary N) is 2. The Hall–Kier alpha value is -4.74. The van der Waals surface area contributed by atoms with Gasteiger partial charge in [-0.3, -0.25) is 9.59 Å². The Balaban J connectivity index is 1.27. The highest BCUT2D eigenvalue weighted by Gasteiger charge is 2.47. The average Bonchev–Trinajstić information content (AvgIpc) is 3.90. The van der Waals surface area contributed by atoms with Crippen LogP contribution >= 0.6 is 0 Å². The van der Waals surface area contributed by atoms with Crippen molar-refractivity contribution in [3.05, 3.63) is 87.7 Å². The van der Waals surface area contributed by atoms with Crippen molar-refractivity contribution in [2.75, 3.05) is 19.8 Å². The summed E-state index contributed by atoms with van der Waals surface area (Å²) in [7, 11) is 0. The third-order valence-corrected chi connectivity index (χ3v) is 11.3. The van der Waals surface area contributed by atoms with E-state index < -0.39 is 48.8 Å². The van der Waals surface area contributed by atoms with Gasteiger partial charge in [-0.15, -0.1) is 0 Å². The number of aromatic amines is 1. The van der Waals surface area contributed by atoms with Gasteiger partial charge in [-0.1, -0.05) is 19.1 Å². The fraction of sp³-hybridized carbons (Fsp3) is 0.463. The number of phenolic OH excluding ortho intramolecular Hbond substituents is 1. The molecule has 56 heavy (non-hydrogen) atoms. The topological polar surface area (TPSA) is 229 Å². The zero-order chi connectivity index (χ0) is 39.9. The number of hydrogen-bond acceptors (Lipinski definition) is 12. The largest absolute Gasteiger partial charge is 0.508 e. The van der Waals surface area contributed by atoms with Crippen LogP contribution in [0.3, 0.4) is 0 Å². The second-order valence-corrected chi connectivity index (χ2v) is 15.4. The quantitative estimate of drug-likeness (QED) is 0.0567. The maximum atomic E-state index is 13.5. The molecule has 0 saturated carbocycles. The molecule has 2 aromatic carbocycles. The molecule has 2 aliphatic heterocycles. The number of H-pyrrole nitrogens is 1. The highest BCUT2D eigenvalue weighted by molar-refractivity contribution is 5.92. The second kappa shape index (κ2) is 15.7. The first kappa shape index (κ1) is 39.5. The minimum Gasteiger partial charge on any atom is -0.508 e. The van der Waals surface area contributed by atoms with E-state index in [9.17, 15) is 40.2 Å². The number of carbonyl (C=O) groups is 1. The Morgan fingerprint density at radius 2 is 1.86 bits per heavy atom. The molecule has 5 aromatic rings. The number of hydrogen-bond donors (Lipinski definition) is 8. The van der Waals surface area contributed by atoms with E-state index in [0.717, 1.165) is 16.6 Å². The number of benzene rings is 2. The third kappa shape index (κ3) is 7.55. The normalized spacial score (nSPS) is 22.4. The lowest BCUT2D eigenvalue weighted by Crippen LogP contribution is -2.58. The highest BCUT2D eigenvalue weighted by Crippen LogP contribution is 2.46. The minimum atomic E-state index is -2.26. The molecule has 15 heteroatoms. The average molecular weight is 776 g/mol. The van der Waals surface area contributed by atoms with Gasteiger partial charge in [-0.05, 0) is 68.9 Å². The molecule has 7 atom stereocenters. The van der Waals surface area contributed by atoms with E-state index >= 15 is 0 Å². The summed E-state index contributed by atoms with van der Waals surface area (Å²) >= 11 is 0. The standard InChI is InChI=1S/C41H49N3O12/c1-4-30-27-10-12-42-29(27)19-44(30)35-37-25(15-28-31(47)13-22(2)54-38(28)35)16-33(40(3,55-37)11-9-24-14-34(49)43-18-24)56-53-21-41(52,39(51)36(50)32(48)20-45)17-23-5-7-26(46)8-6-23/h5-8,10,12-13,15,19,24,32-33,36,39,42,45-46,48,50-52H,4,9,11,14,16-18,20-21H2,1-3H3,(H,43,49). The molecular formula is C41H49N3O12. The first-order valence-corrected chi connectivity index (χ1v) is 18.9. The van der Waals surface area contributed by atoms with Gasteiger partial charge in [0.1, 0.15) is 59.4 Å². The van der Waals surface area contributed by atoms with Gasteiger partial charge < -0.3 is 54.7 Å². The predicted octanol–water partition coefficient (Wildman–Crippen LogP) is 2.62. The van der Waals surface area contributed by atoms with Gasteiger partial charge in [0.05, 0.1) is 17.5 Å². The van der Waals surface area contributed by atoms with E-state index in [2.05, 4.69) is 10.3 Å². The van der Waals surface area contributed by atoms with Crippen LogP contribution in [0, 0.1) is 12.8 Å². The Morgan fingerprint density at radius 3 is 2.55 bits per heavy atom. The fourth-order valence-electron chi connectivity index (χ4n) is 8.03. The number of ether oxygens (including phenoxy) is 1. The lowest BCUT2D eigenvalue weighted by Gasteiger charge is -2.43. The SMILES string of the molecule is CCc1c2cc[nH]c2cn1-c1c2c(cc3c(=O)cc(C)oc13)CC(OOCC(O)(Cc1ccc(O)cc1)C(O)C(O)C(O)CO)C(C)(CCC1CNC(=O)C1)O2. The molecule has 2 aliphatic rings. The molecule has 1 amide bonds. The van der Waals surface area contributed by atoms with Crippen molar-refractivity contribution in [1.82, 2.24) is 14.9 Å². The first-order chi connectivity index (χ1) is 26.7. The molecule has 1 fully saturated rings. The number of aliphatic hydroxyl groups excluding tert-OH is 4. The molecule has 3 aromatic heterocycles. The van der Waals surface area contributed by atoms with Gasteiger partial charge in [0, 0.05) is 60.9 Å². The summed E-state index contributed by atoms with van der Waals surface area (Å²) in [5.41, 5.74) is 0.267. The van der Waals surface area contributed by atoms with Gasteiger partial charge in [0.15, 0.2) is 16.8 Å². The molecule has 0 spiro atoms. The summed E-state index contributed by atoms with van der Waals surface area (Å²) in [5, 5.41) is 67.3. The lowest BCUT2D eigenvalue weighted by molar-refractivity contribution is -0.371. The third-order valence-electron chi connectivity index (χ3n) is 11.3. The van der Waals surface area contributed by atoms with Gasteiger partial charge in [-0.2, -0.15) is 0 Å². The van der Waals surface area contributed by atoms with Gasteiger partial charge in [-0.25, -0.2) is 9.78 Å². The molecule has 8 N–H and O–H groups in total.